The van der Waals surface area contributed by atoms with Crippen molar-refractivity contribution >= 4 is 51.3 Å². The number of aromatic nitrogens is 2. The topological polar surface area (TPSA) is 124 Å². The summed E-state index contributed by atoms with van der Waals surface area (Å²) in [6.45, 7) is 0.228. The van der Waals surface area contributed by atoms with Crippen LogP contribution >= 0.6 is 11.8 Å². The second-order valence-corrected chi connectivity index (χ2v) is 11.3. The summed E-state index contributed by atoms with van der Waals surface area (Å²) in [6, 6.07) is 21.7. The molecule has 1 aromatic heterocycles. The highest BCUT2D eigenvalue weighted by Gasteiger charge is 2.31. The molecule has 0 saturated carbocycles. The quantitative estimate of drug-likeness (QED) is 0.165. The van der Waals surface area contributed by atoms with Crippen LogP contribution < -0.4 is 25.4 Å². The molecule has 0 spiro atoms. The molecule has 1 aliphatic heterocycles. The molecule has 13 heteroatoms. The third kappa shape index (κ3) is 7.04. The van der Waals surface area contributed by atoms with Crippen molar-refractivity contribution in [2.24, 2.45) is 7.05 Å². The highest BCUT2D eigenvalue weighted by atomic mass is 32.2. The van der Waals surface area contributed by atoms with E-state index in [4.69, 9.17) is 9.47 Å². The Labute approximate surface area is 259 Å². The van der Waals surface area contributed by atoms with E-state index in [2.05, 4.69) is 20.9 Å². The molecule has 1 unspecified atom stereocenters. The fourth-order valence-electron chi connectivity index (χ4n) is 4.64. The van der Waals surface area contributed by atoms with Gasteiger partial charge < -0.3 is 24.7 Å². The molecule has 4 aromatic carbocycles. The summed E-state index contributed by atoms with van der Waals surface area (Å²) >= 11 is 1.00. The summed E-state index contributed by atoms with van der Waals surface area (Å²) in [7, 11) is 1.88. The molecule has 1 fully saturated rings. The Hall–Kier alpha value is -5.43. The van der Waals surface area contributed by atoms with Gasteiger partial charge in [-0.25, -0.2) is 18.6 Å². The number of carbonyl (C=O) groups is 3. The smallest absolute Gasteiger partial charge is 0.323 e. The minimum atomic E-state index is -0.877. The maximum absolute atomic E-state index is 13.8. The van der Waals surface area contributed by atoms with Crippen LogP contribution in [-0.2, 0) is 24.9 Å². The number of nitrogens with zero attached hydrogens (tertiary/aromatic N) is 2. The molecule has 4 amide bonds. The van der Waals surface area contributed by atoms with E-state index in [9.17, 15) is 23.2 Å². The lowest BCUT2D eigenvalue weighted by molar-refractivity contribution is -0.118. The van der Waals surface area contributed by atoms with E-state index in [-0.39, 0.29) is 23.4 Å². The predicted octanol–water partition coefficient (Wildman–Crippen LogP) is 6.76. The zero-order chi connectivity index (χ0) is 31.5. The van der Waals surface area contributed by atoms with Crippen LogP contribution in [0.4, 0.5) is 29.7 Å². The number of aryl methyl sites for hydroxylation is 1. The minimum Gasteiger partial charge on any atom is -0.486 e. The number of imidazole rings is 1. The summed E-state index contributed by atoms with van der Waals surface area (Å²) in [5.74, 6) is 0.576. The van der Waals surface area contributed by atoms with Gasteiger partial charge in [0.1, 0.15) is 41.3 Å². The van der Waals surface area contributed by atoms with E-state index in [0.717, 1.165) is 40.5 Å². The lowest BCUT2D eigenvalue weighted by Gasteiger charge is -2.10. The van der Waals surface area contributed by atoms with Gasteiger partial charge in [0.25, 0.3) is 5.24 Å². The van der Waals surface area contributed by atoms with Gasteiger partial charge in [0.2, 0.25) is 5.91 Å². The first-order valence-electron chi connectivity index (χ1n) is 13.7. The number of hydrogen-bond acceptors (Lipinski definition) is 7. The Bertz CT molecular complexity index is 1910. The maximum atomic E-state index is 13.8. The molecule has 1 aliphatic rings. The zero-order valence-electron chi connectivity index (χ0n) is 23.7. The summed E-state index contributed by atoms with van der Waals surface area (Å²) in [5, 5.41) is 6.48. The molecular formula is C32H25F2N5O5S. The minimum absolute atomic E-state index is 0.143. The monoisotopic (exact) mass is 629 g/mol. The highest BCUT2D eigenvalue weighted by molar-refractivity contribution is 8.15. The van der Waals surface area contributed by atoms with Crippen LogP contribution in [0, 0.1) is 11.6 Å². The zero-order valence-corrected chi connectivity index (χ0v) is 24.5. The van der Waals surface area contributed by atoms with E-state index in [0.29, 0.717) is 41.2 Å². The number of thioether (sulfide) groups is 1. The van der Waals surface area contributed by atoms with Gasteiger partial charge in [-0.05, 0) is 72.6 Å². The number of fused-ring (bicyclic) bond motifs is 1. The number of urea groups is 1. The molecular weight excluding hydrogens is 604 g/mol. The van der Waals surface area contributed by atoms with Gasteiger partial charge >= 0.3 is 6.03 Å². The van der Waals surface area contributed by atoms with E-state index in [1.165, 1.54) is 0 Å². The number of imide groups is 1. The van der Waals surface area contributed by atoms with Gasteiger partial charge in [0, 0.05) is 24.9 Å². The average molecular weight is 630 g/mol. The van der Waals surface area contributed by atoms with Crippen molar-refractivity contribution in [3.63, 3.8) is 0 Å². The summed E-state index contributed by atoms with van der Waals surface area (Å²) in [6.07, 6.45) is 0.455. The standard InChI is InChI=1S/C32H25F2N5O5S/c1-39-27-16-23(44-22-9-5-20(6-10-22)35-31(41)37-25-12-4-19(33)15-24(25)34)11-13-26(27)36-29(39)17-43-21-7-2-18(3-8-21)14-28-30(40)38-32(42)45-28/h2-13,15-16,28H,14,17H2,1H3,(H2,35,37,41)(H,38,40,42). The molecule has 0 aliphatic carbocycles. The molecule has 5 aromatic rings. The average Bonchev–Trinajstić information content (AvgIpc) is 3.51. The van der Waals surface area contributed by atoms with Gasteiger partial charge in [-0.2, -0.15) is 0 Å². The second kappa shape index (κ2) is 12.7. The van der Waals surface area contributed by atoms with Crippen LogP contribution in [0.3, 0.4) is 0 Å². The van der Waals surface area contributed by atoms with Crippen molar-refractivity contribution in [1.29, 1.82) is 0 Å². The first-order valence-corrected chi connectivity index (χ1v) is 14.6. The van der Waals surface area contributed by atoms with Crippen molar-refractivity contribution in [2.75, 3.05) is 10.6 Å². The number of halogens is 2. The highest BCUT2D eigenvalue weighted by Crippen LogP contribution is 2.28. The van der Waals surface area contributed by atoms with Crippen molar-refractivity contribution in [3.8, 4) is 17.2 Å². The van der Waals surface area contributed by atoms with E-state index in [1.54, 1.807) is 30.3 Å². The lowest BCUT2D eigenvalue weighted by atomic mass is 10.1. The Morgan fingerprint density at radius 1 is 0.933 bits per heavy atom. The van der Waals surface area contributed by atoms with Gasteiger partial charge in [-0.1, -0.05) is 23.9 Å². The molecule has 0 bridgehead atoms. The van der Waals surface area contributed by atoms with Crippen LogP contribution in [0.25, 0.3) is 11.0 Å². The Kier molecular flexibility index (Phi) is 8.34. The molecule has 2 heterocycles. The largest absolute Gasteiger partial charge is 0.486 e. The van der Waals surface area contributed by atoms with Crippen molar-refractivity contribution in [3.05, 3.63) is 108 Å². The first-order chi connectivity index (χ1) is 21.7. The summed E-state index contributed by atoms with van der Waals surface area (Å²) in [4.78, 5) is 40.1. The fourth-order valence-corrected chi connectivity index (χ4v) is 5.50. The van der Waals surface area contributed by atoms with Crippen molar-refractivity contribution < 1.29 is 32.6 Å². The number of amides is 4. The number of carbonyl (C=O) groups excluding carboxylic acids is 3. The lowest BCUT2D eigenvalue weighted by Crippen LogP contribution is -2.25. The predicted molar refractivity (Wildman–Crippen MR) is 166 cm³/mol. The fraction of sp³-hybridized carbons (Fsp3) is 0.125. The number of rotatable bonds is 9. The molecule has 228 valence electrons. The van der Waals surface area contributed by atoms with Crippen LogP contribution in [0.1, 0.15) is 11.4 Å². The third-order valence-electron chi connectivity index (χ3n) is 6.95. The number of nitrogens with one attached hydrogen (secondary N) is 3. The Morgan fingerprint density at radius 3 is 2.38 bits per heavy atom. The summed E-state index contributed by atoms with van der Waals surface area (Å²) < 4.78 is 40.7. The van der Waals surface area contributed by atoms with Crippen LogP contribution in [0.2, 0.25) is 0 Å². The normalized spacial score (nSPS) is 14.3. The van der Waals surface area contributed by atoms with Crippen molar-refractivity contribution in [1.82, 2.24) is 14.9 Å². The van der Waals surface area contributed by atoms with Crippen LogP contribution in [0.5, 0.6) is 17.2 Å². The molecule has 6 rings (SSSR count). The van der Waals surface area contributed by atoms with Crippen LogP contribution in [0.15, 0.2) is 84.9 Å². The van der Waals surface area contributed by atoms with E-state index in [1.807, 2.05) is 48.0 Å². The Balaban J connectivity index is 1.04. The molecule has 45 heavy (non-hydrogen) atoms. The molecule has 0 radical (unpaired) electrons. The Morgan fingerprint density at radius 2 is 1.67 bits per heavy atom. The van der Waals surface area contributed by atoms with Crippen LogP contribution in [-0.4, -0.2) is 32.0 Å². The van der Waals surface area contributed by atoms with Crippen molar-refractivity contribution in [2.45, 2.75) is 18.3 Å². The summed E-state index contributed by atoms with van der Waals surface area (Å²) in [5.41, 5.74) is 2.83. The third-order valence-corrected chi connectivity index (χ3v) is 7.93. The van der Waals surface area contributed by atoms with E-state index >= 15 is 0 Å². The number of hydrogen-bond donors (Lipinski definition) is 3. The second-order valence-electron chi connectivity index (χ2n) is 10.1. The van der Waals surface area contributed by atoms with Gasteiger partial charge in [-0.3, -0.25) is 14.9 Å². The number of benzene rings is 4. The van der Waals surface area contributed by atoms with Gasteiger partial charge in [0.05, 0.1) is 22.0 Å². The van der Waals surface area contributed by atoms with Gasteiger partial charge in [0.15, 0.2) is 0 Å². The number of anilines is 2. The number of ether oxygens (including phenoxy) is 2. The maximum Gasteiger partial charge on any atom is 0.323 e. The SMILES string of the molecule is Cn1c(COc2ccc(CC3SC(=O)NC3=O)cc2)nc2ccc(Oc3ccc(NC(=O)Nc4ccc(F)cc4F)cc3)cc21. The first kappa shape index (κ1) is 29.6. The molecule has 1 saturated heterocycles. The molecule has 1 atom stereocenters. The van der Waals surface area contributed by atoms with E-state index < -0.39 is 22.9 Å². The molecule has 10 nitrogen and oxygen atoms in total. The van der Waals surface area contributed by atoms with Gasteiger partial charge in [-0.15, -0.1) is 0 Å². The molecule has 3 N–H and O–H groups in total.